The van der Waals surface area contributed by atoms with Crippen LogP contribution in [0.2, 0.25) is 0 Å². The van der Waals surface area contributed by atoms with Crippen LogP contribution in [0.1, 0.15) is 44.9 Å². The van der Waals surface area contributed by atoms with Crippen molar-refractivity contribution in [2.24, 2.45) is 5.73 Å². The van der Waals surface area contributed by atoms with Gasteiger partial charge in [-0.25, -0.2) is 8.42 Å². The number of ketones is 1. The molecule has 1 fully saturated rings. The van der Waals surface area contributed by atoms with Crippen LogP contribution in [0.25, 0.3) is 0 Å². The molecule has 16 heavy (non-hydrogen) atoms. The lowest BCUT2D eigenvalue weighted by Crippen LogP contribution is -2.38. The van der Waals surface area contributed by atoms with Gasteiger partial charge in [0.2, 0.25) is 0 Å². The number of Topliss-reactive ketones (excluding diaryl/α,β-unsaturated/α-hetero) is 1. The largest absolute Gasteiger partial charge is 0.325 e. The third kappa shape index (κ3) is 5.07. The Morgan fingerprint density at radius 2 is 1.88 bits per heavy atom. The molecule has 0 aromatic heterocycles. The second-order valence-corrected chi connectivity index (χ2v) is 7.28. The van der Waals surface area contributed by atoms with Crippen LogP contribution in [-0.4, -0.2) is 31.7 Å². The summed E-state index contributed by atoms with van der Waals surface area (Å²) in [4.78, 5) is 11.6. The summed E-state index contributed by atoms with van der Waals surface area (Å²) in [6.45, 7) is 0. The Kier molecular flexibility index (Phi) is 4.50. The Balaban J connectivity index is 2.26. The van der Waals surface area contributed by atoms with E-state index in [-0.39, 0.29) is 17.1 Å². The molecule has 0 radical (unpaired) electrons. The van der Waals surface area contributed by atoms with Gasteiger partial charge in [0.15, 0.2) is 0 Å². The molecule has 0 atom stereocenters. The first-order valence-electron chi connectivity index (χ1n) is 5.79. The van der Waals surface area contributed by atoms with Crippen LogP contribution in [0.3, 0.4) is 0 Å². The van der Waals surface area contributed by atoms with E-state index in [1.165, 1.54) is 6.26 Å². The van der Waals surface area contributed by atoms with Crippen LogP contribution >= 0.6 is 0 Å². The molecule has 0 amide bonds. The van der Waals surface area contributed by atoms with Crippen LogP contribution in [0.15, 0.2) is 0 Å². The molecule has 0 aliphatic heterocycles. The second-order valence-electron chi connectivity index (χ2n) is 5.02. The highest BCUT2D eigenvalue weighted by Gasteiger charge is 2.31. The number of nitrogens with two attached hydrogens (primary N) is 1. The first-order valence-corrected chi connectivity index (χ1v) is 7.85. The first kappa shape index (κ1) is 13.6. The summed E-state index contributed by atoms with van der Waals surface area (Å²) in [5.41, 5.74) is 5.78. The van der Waals surface area contributed by atoms with E-state index >= 15 is 0 Å². The van der Waals surface area contributed by atoms with Crippen molar-refractivity contribution in [2.75, 3.05) is 12.0 Å². The summed E-state index contributed by atoms with van der Waals surface area (Å²) in [6.07, 6.45) is 6.42. The topological polar surface area (TPSA) is 77.2 Å². The van der Waals surface area contributed by atoms with Gasteiger partial charge in [-0.1, -0.05) is 12.8 Å². The van der Waals surface area contributed by atoms with E-state index < -0.39 is 9.84 Å². The Morgan fingerprint density at radius 3 is 2.38 bits per heavy atom. The number of rotatable bonds is 6. The number of hydrogen-bond acceptors (Lipinski definition) is 4. The van der Waals surface area contributed by atoms with Gasteiger partial charge in [0.1, 0.15) is 15.6 Å². The standard InChI is InChI=1S/C11H21NO3S/c1-16(14,15)8-4-5-10(13)9-11(12)6-2-3-7-11/h2-9,12H2,1H3. The van der Waals surface area contributed by atoms with E-state index in [9.17, 15) is 13.2 Å². The highest BCUT2D eigenvalue weighted by Crippen LogP contribution is 2.30. The van der Waals surface area contributed by atoms with Crippen LogP contribution < -0.4 is 5.73 Å². The quantitative estimate of drug-likeness (QED) is 0.761. The van der Waals surface area contributed by atoms with Crippen molar-refractivity contribution in [1.29, 1.82) is 0 Å². The molecule has 1 aliphatic carbocycles. The maximum absolute atomic E-state index is 11.6. The lowest BCUT2D eigenvalue weighted by atomic mass is 9.91. The molecule has 1 saturated carbocycles. The predicted octanol–water partition coefficient (Wildman–Crippen LogP) is 1.04. The zero-order valence-corrected chi connectivity index (χ0v) is 10.7. The molecule has 1 aliphatic rings. The van der Waals surface area contributed by atoms with E-state index in [4.69, 9.17) is 5.73 Å². The average Bonchev–Trinajstić information content (AvgIpc) is 2.49. The van der Waals surface area contributed by atoms with Gasteiger partial charge < -0.3 is 5.73 Å². The molecular formula is C11H21NO3S. The van der Waals surface area contributed by atoms with Gasteiger partial charge in [-0.3, -0.25) is 4.79 Å². The average molecular weight is 247 g/mol. The maximum Gasteiger partial charge on any atom is 0.147 e. The SMILES string of the molecule is CS(=O)(=O)CCCC(=O)CC1(N)CCCC1. The highest BCUT2D eigenvalue weighted by atomic mass is 32.2. The number of carbonyl (C=O) groups excluding carboxylic acids is 1. The minimum atomic E-state index is -2.95. The maximum atomic E-state index is 11.6. The minimum Gasteiger partial charge on any atom is -0.325 e. The van der Waals surface area contributed by atoms with Gasteiger partial charge in [-0.15, -0.1) is 0 Å². The Bertz CT molecular complexity index is 342. The lowest BCUT2D eigenvalue weighted by molar-refractivity contribution is -0.120. The fourth-order valence-electron chi connectivity index (χ4n) is 2.27. The van der Waals surface area contributed by atoms with Crippen molar-refractivity contribution >= 4 is 15.6 Å². The fraction of sp³-hybridized carbons (Fsp3) is 0.909. The molecule has 0 spiro atoms. The van der Waals surface area contributed by atoms with Gasteiger partial charge in [-0.05, 0) is 19.3 Å². The smallest absolute Gasteiger partial charge is 0.147 e. The van der Waals surface area contributed by atoms with Crippen LogP contribution in [0.4, 0.5) is 0 Å². The van der Waals surface area contributed by atoms with Crippen LogP contribution in [-0.2, 0) is 14.6 Å². The summed E-state index contributed by atoms with van der Waals surface area (Å²) < 4.78 is 21.8. The van der Waals surface area contributed by atoms with Gasteiger partial charge in [0.05, 0.1) is 5.75 Å². The minimum absolute atomic E-state index is 0.0936. The van der Waals surface area contributed by atoms with Gasteiger partial charge in [0.25, 0.3) is 0 Å². The number of hydrogen-bond donors (Lipinski definition) is 1. The molecule has 2 N–H and O–H groups in total. The Hall–Kier alpha value is -0.420. The number of sulfone groups is 1. The molecule has 0 heterocycles. The van der Waals surface area contributed by atoms with Gasteiger partial charge >= 0.3 is 0 Å². The molecule has 94 valence electrons. The van der Waals surface area contributed by atoms with Crippen molar-refractivity contribution < 1.29 is 13.2 Å². The van der Waals surface area contributed by atoms with E-state index in [0.717, 1.165) is 25.7 Å². The summed E-state index contributed by atoms with van der Waals surface area (Å²) in [7, 11) is -2.95. The van der Waals surface area contributed by atoms with E-state index in [1.807, 2.05) is 0 Å². The third-order valence-electron chi connectivity index (χ3n) is 3.12. The Morgan fingerprint density at radius 1 is 1.31 bits per heavy atom. The molecule has 0 bridgehead atoms. The molecule has 0 aromatic rings. The molecule has 5 heteroatoms. The lowest BCUT2D eigenvalue weighted by Gasteiger charge is -2.22. The molecule has 4 nitrogen and oxygen atoms in total. The van der Waals surface area contributed by atoms with Gasteiger partial charge in [-0.2, -0.15) is 0 Å². The van der Waals surface area contributed by atoms with Crippen molar-refractivity contribution in [3.8, 4) is 0 Å². The zero-order valence-electron chi connectivity index (χ0n) is 9.87. The Labute approximate surface area is 97.5 Å². The fourth-order valence-corrected chi connectivity index (χ4v) is 2.94. The second kappa shape index (κ2) is 5.27. The van der Waals surface area contributed by atoms with Crippen molar-refractivity contribution in [3.63, 3.8) is 0 Å². The molecule has 0 unspecified atom stereocenters. The normalized spacial score (nSPS) is 19.9. The van der Waals surface area contributed by atoms with E-state index in [0.29, 0.717) is 19.3 Å². The van der Waals surface area contributed by atoms with Crippen molar-refractivity contribution in [3.05, 3.63) is 0 Å². The van der Waals surface area contributed by atoms with Crippen LogP contribution in [0, 0.1) is 0 Å². The summed E-state index contributed by atoms with van der Waals surface area (Å²) >= 11 is 0. The van der Waals surface area contributed by atoms with Crippen molar-refractivity contribution in [2.45, 2.75) is 50.5 Å². The highest BCUT2D eigenvalue weighted by molar-refractivity contribution is 7.90. The van der Waals surface area contributed by atoms with Crippen molar-refractivity contribution in [1.82, 2.24) is 0 Å². The number of carbonyl (C=O) groups is 1. The molecular weight excluding hydrogens is 226 g/mol. The summed E-state index contributed by atoms with van der Waals surface area (Å²) in [6, 6.07) is 0. The molecule has 0 aromatic carbocycles. The van der Waals surface area contributed by atoms with E-state index in [2.05, 4.69) is 0 Å². The van der Waals surface area contributed by atoms with E-state index in [1.54, 1.807) is 0 Å². The molecule has 0 saturated heterocycles. The summed E-state index contributed by atoms with van der Waals surface area (Å²) in [5, 5.41) is 0. The zero-order chi connectivity index (χ0) is 12.2. The first-order chi connectivity index (χ1) is 7.31. The summed E-state index contributed by atoms with van der Waals surface area (Å²) in [5.74, 6) is 0.198. The van der Waals surface area contributed by atoms with Crippen LogP contribution in [0.5, 0.6) is 0 Å². The third-order valence-corrected chi connectivity index (χ3v) is 4.15. The van der Waals surface area contributed by atoms with Gasteiger partial charge in [0, 0.05) is 24.6 Å². The monoisotopic (exact) mass is 247 g/mol. The predicted molar refractivity (Wildman–Crippen MR) is 64.0 cm³/mol. The molecule has 1 rings (SSSR count).